The highest BCUT2D eigenvalue weighted by Gasteiger charge is 2.56. The van der Waals surface area contributed by atoms with Crippen molar-refractivity contribution in [3.63, 3.8) is 0 Å². The Kier molecular flexibility index (Phi) is 8.96. The Balaban J connectivity index is 1.18. The van der Waals surface area contributed by atoms with Crippen LogP contribution in [0.5, 0.6) is 11.5 Å². The van der Waals surface area contributed by atoms with Gasteiger partial charge in [0.1, 0.15) is 22.9 Å². The molecule has 14 heteroatoms. The predicted molar refractivity (Wildman–Crippen MR) is 173 cm³/mol. The van der Waals surface area contributed by atoms with Gasteiger partial charge in [0.05, 0.1) is 24.0 Å². The number of alkyl halides is 3. The highest BCUT2D eigenvalue weighted by atomic mass is 32.2. The van der Waals surface area contributed by atoms with Gasteiger partial charge in [0.2, 0.25) is 5.95 Å². The third-order valence-electron chi connectivity index (χ3n) is 8.94. The second-order valence-electron chi connectivity index (χ2n) is 12.0. The van der Waals surface area contributed by atoms with Crippen molar-refractivity contribution < 1.29 is 27.4 Å². The number of benzene rings is 2. The van der Waals surface area contributed by atoms with Crippen LogP contribution in [0.1, 0.15) is 40.7 Å². The first kappa shape index (κ1) is 32.2. The van der Waals surface area contributed by atoms with Gasteiger partial charge in [0.15, 0.2) is 4.93 Å². The van der Waals surface area contributed by atoms with E-state index in [4.69, 9.17) is 9.47 Å². The van der Waals surface area contributed by atoms with Gasteiger partial charge in [-0.3, -0.25) is 9.69 Å². The topological polar surface area (TPSA) is 104 Å². The van der Waals surface area contributed by atoms with E-state index in [0.29, 0.717) is 40.2 Å². The highest BCUT2D eigenvalue weighted by molar-refractivity contribution is 8.02. The Morgan fingerprint density at radius 1 is 1.13 bits per heavy atom. The minimum Gasteiger partial charge on any atom is -0.494 e. The second-order valence-corrected chi connectivity index (χ2v) is 13.5. The molecule has 7 rings (SSSR count). The maximum absolute atomic E-state index is 14.0. The van der Waals surface area contributed by atoms with Gasteiger partial charge in [-0.1, -0.05) is 12.1 Å². The van der Waals surface area contributed by atoms with Gasteiger partial charge in [-0.15, -0.1) is 11.8 Å². The molecule has 3 aliphatic heterocycles. The van der Waals surface area contributed by atoms with Crippen LogP contribution in [0, 0.1) is 6.92 Å². The van der Waals surface area contributed by atoms with Gasteiger partial charge in [0.25, 0.3) is 5.91 Å². The van der Waals surface area contributed by atoms with E-state index in [-0.39, 0.29) is 22.1 Å². The maximum atomic E-state index is 14.0. The van der Waals surface area contributed by atoms with Crippen LogP contribution in [0.4, 0.5) is 36.3 Å². The largest absolute Gasteiger partial charge is 0.494 e. The van der Waals surface area contributed by atoms with E-state index >= 15 is 0 Å². The fraction of sp³-hybridized carbons (Fsp3) is 0.469. The molecule has 10 nitrogen and oxygen atoms in total. The number of ether oxygens (including phenoxy) is 2. The average molecular weight is 658 g/mol. The fourth-order valence-corrected chi connectivity index (χ4v) is 8.11. The first-order valence-corrected chi connectivity index (χ1v) is 16.1. The van der Waals surface area contributed by atoms with E-state index in [2.05, 4.69) is 42.8 Å². The number of likely N-dealkylation sites (N-methyl/N-ethyl adjacent to an activating group) is 1. The molecular formula is C32H38F3N7O3S. The SMILES string of the molecule is CNC(=O)c1cccc(C)c1Nc1nc(Nc2ccc(OC34CCC(N5CCN(C)CC5)C(C3)S4)cc2OC)ncc1C(F)(F)F. The molecule has 4 heterocycles. The van der Waals surface area contributed by atoms with E-state index in [0.717, 1.165) is 45.4 Å². The predicted octanol–water partition coefficient (Wildman–Crippen LogP) is 5.65. The van der Waals surface area contributed by atoms with Gasteiger partial charge in [-0.25, -0.2) is 4.98 Å². The Bertz CT molecular complexity index is 1590. The van der Waals surface area contributed by atoms with E-state index in [1.165, 1.54) is 20.2 Å². The number of rotatable bonds is 9. The average Bonchev–Trinajstić information content (AvgIpc) is 3.02. The van der Waals surface area contributed by atoms with Gasteiger partial charge < -0.3 is 30.3 Å². The zero-order valence-electron chi connectivity index (χ0n) is 26.2. The van der Waals surface area contributed by atoms with Crippen LogP contribution >= 0.6 is 11.8 Å². The number of halogens is 3. The molecule has 3 aromatic rings. The quantitative estimate of drug-likeness (QED) is 0.268. The van der Waals surface area contributed by atoms with Crippen molar-refractivity contribution in [3.8, 4) is 11.5 Å². The van der Waals surface area contributed by atoms with Crippen molar-refractivity contribution in [1.29, 1.82) is 0 Å². The number of aromatic nitrogens is 2. The molecule has 0 spiro atoms. The summed E-state index contributed by atoms with van der Waals surface area (Å²) in [7, 11) is 5.14. The summed E-state index contributed by atoms with van der Waals surface area (Å²) in [5, 5.41) is 8.80. The van der Waals surface area contributed by atoms with E-state index in [1.807, 2.05) is 17.8 Å². The molecule has 2 bridgehead atoms. The van der Waals surface area contributed by atoms with Crippen molar-refractivity contribution in [3.05, 3.63) is 59.3 Å². The first-order chi connectivity index (χ1) is 22.0. The number of anilines is 4. The number of carbonyl (C=O) groups is 1. The number of carbonyl (C=O) groups excluding carboxylic acids is 1. The highest BCUT2D eigenvalue weighted by Crippen LogP contribution is 2.58. The lowest BCUT2D eigenvalue weighted by Crippen LogP contribution is -2.62. The van der Waals surface area contributed by atoms with E-state index in [9.17, 15) is 18.0 Å². The normalized spacial score (nSPS) is 23.3. The third-order valence-corrected chi connectivity index (χ3v) is 10.6. The number of amides is 1. The summed E-state index contributed by atoms with van der Waals surface area (Å²) in [6.07, 6.45) is -0.969. The summed E-state index contributed by atoms with van der Waals surface area (Å²) in [5.41, 5.74) is 0.354. The zero-order valence-corrected chi connectivity index (χ0v) is 27.0. The third kappa shape index (κ3) is 6.56. The molecule has 2 aromatic carbocycles. The van der Waals surface area contributed by atoms with Crippen LogP contribution in [0.15, 0.2) is 42.6 Å². The first-order valence-electron chi connectivity index (χ1n) is 15.3. The number of nitrogens with zero attached hydrogens (tertiary/aromatic N) is 4. The lowest BCUT2D eigenvalue weighted by Gasteiger charge is -2.57. The Morgan fingerprint density at radius 3 is 2.54 bits per heavy atom. The summed E-state index contributed by atoms with van der Waals surface area (Å²) in [5.74, 6) is 0.0581. The van der Waals surface area contributed by atoms with E-state index in [1.54, 1.807) is 31.2 Å². The number of thioether (sulfide) groups is 1. The summed E-state index contributed by atoms with van der Waals surface area (Å²) in [6.45, 7) is 6.13. The van der Waals surface area contributed by atoms with Crippen molar-refractivity contribution >= 4 is 40.8 Å². The molecule has 3 saturated heterocycles. The molecule has 4 fully saturated rings. The minimum atomic E-state index is -4.74. The van der Waals surface area contributed by atoms with Gasteiger partial charge in [-0.05, 0) is 50.6 Å². The fourth-order valence-electron chi connectivity index (χ4n) is 6.38. The number of para-hydroxylation sites is 1. The Labute approximate surface area is 270 Å². The molecule has 4 aliphatic rings. The van der Waals surface area contributed by atoms with Crippen molar-refractivity contribution in [2.75, 3.05) is 58.0 Å². The number of hydrogen-bond acceptors (Lipinski definition) is 10. The van der Waals surface area contributed by atoms with Crippen molar-refractivity contribution in [2.24, 2.45) is 0 Å². The maximum Gasteiger partial charge on any atom is 0.421 e. The van der Waals surface area contributed by atoms with Crippen LogP contribution in [0.2, 0.25) is 0 Å². The molecule has 3 N–H and O–H groups in total. The second kappa shape index (κ2) is 12.8. The minimum absolute atomic E-state index is 0.0873. The number of aryl methyl sites for hydroxylation is 1. The van der Waals surface area contributed by atoms with Gasteiger partial charge in [-0.2, -0.15) is 18.2 Å². The molecule has 1 saturated carbocycles. The number of hydrogen-bond donors (Lipinski definition) is 3. The molecule has 3 atom stereocenters. The Morgan fingerprint density at radius 2 is 1.89 bits per heavy atom. The molecule has 1 aliphatic carbocycles. The molecule has 1 amide bonds. The molecular weight excluding hydrogens is 619 g/mol. The molecule has 246 valence electrons. The standard InChI is InChI=1S/C32H38F3N7O3S/c1-19-6-5-7-21(29(43)36-2)27(19)39-28-22(32(33,34)35)18-37-30(40-28)38-23-9-8-20(16-25(23)44-4)45-31-11-10-24(26(17-31)46-31)42-14-12-41(3)13-15-42/h5-9,16,18,24,26H,10-15,17H2,1-4H3,(H,36,43)(H2,37,38,39,40). The lowest BCUT2D eigenvalue weighted by atomic mass is 9.88. The van der Waals surface area contributed by atoms with Crippen molar-refractivity contribution in [2.45, 2.75) is 48.6 Å². The van der Waals surface area contributed by atoms with Gasteiger partial charge in [0, 0.05) is 63.2 Å². The number of fused-ring (bicyclic) bond motifs is 2. The summed E-state index contributed by atoms with van der Waals surface area (Å²) in [6, 6.07) is 10.8. The van der Waals surface area contributed by atoms with Gasteiger partial charge >= 0.3 is 6.18 Å². The number of nitrogens with one attached hydrogen (secondary N) is 3. The molecule has 46 heavy (non-hydrogen) atoms. The number of methoxy groups -OCH3 is 1. The molecule has 0 radical (unpaired) electrons. The van der Waals surface area contributed by atoms with Crippen molar-refractivity contribution in [1.82, 2.24) is 25.1 Å². The van der Waals surface area contributed by atoms with Crippen LogP contribution in [-0.2, 0) is 6.18 Å². The monoisotopic (exact) mass is 657 g/mol. The Hall–Kier alpha value is -3.75. The smallest absolute Gasteiger partial charge is 0.421 e. The van der Waals surface area contributed by atoms with Crippen LogP contribution in [0.25, 0.3) is 0 Å². The van der Waals surface area contributed by atoms with Crippen LogP contribution < -0.4 is 25.4 Å². The summed E-state index contributed by atoms with van der Waals surface area (Å²) < 4.78 is 54.1. The van der Waals surface area contributed by atoms with E-state index < -0.39 is 23.5 Å². The molecule has 1 aromatic heterocycles. The zero-order chi connectivity index (χ0) is 32.6. The van der Waals surface area contributed by atoms with Crippen LogP contribution in [0.3, 0.4) is 0 Å². The van der Waals surface area contributed by atoms with Crippen LogP contribution in [-0.4, -0.2) is 89.3 Å². The lowest BCUT2D eigenvalue weighted by molar-refractivity contribution is -0.137. The summed E-state index contributed by atoms with van der Waals surface area (Å²) >= 11 is 1.91. The summed E-state index contributed by atoms with van der Waals surface area (Å²) in [4.78, 5) is 25.3. The number of piperazine rings is 1. The molecule has 3 unspecified atom stereocenters.